The first kappa shape index (κ1) is 12.8. The highest BCUT2D eigenvalue weighted by molar-refractivity contribution is 8.13. The minimum atomic E-state index is -3.95. The molecule has 0 aliphatic carbocycles. The first-order valence-electron chi connectivity index (χ1n) is 4.18. The lowest BCUT2D eigenvalue weighted by Crippen LogP contribution is -2.05. The molecule has 0 aromatic heterocycles. The highest BCUT2D eigenvalue weighted by atomic mass is 35.7. The fourth-order valence-corrected chi connectivity index (χ4v) is 2.35. The molecule has 88 valence electrons. The van der Waals surface area contributed by atoms with Gasteiger partial charge in [0.1, 0.15) is 5.75 Å². The standard InChI is InChI=1S/C9H9ClO5S/c1-15-7-2-3-8(16(10,13)14)6(4-7)5-9(11)12/h2-4H,5H2,1H3,(H,11,12). The smallest absolute Gasteiger partial charge is 0.307 e. The van der Waals surface area contributed by atoms with Gasteiger partial charge in [0.05, 0.1) is 18.4 Å². The molecule has 1 rings (SSSR count). The zero-order valence-corrected chi connectivity index (χ0v) is 9.88. The molecule has 0 saturated heterocycles. The van der Waals surface area contributed by atoms with Gasteiger partial charge in [0.15, 0.2) is 0 Å². The van der Waals surface area contributed by atoms with Gasteiger partial charge in [-0.15, -0.1) is 0 Å². The van der Waals surface area contributed by atoms with Crippen LogP contribution in [0.2, 0.25) is 0 Å². The van der Waals surface area contributed by atoms with Crippen molar-refractivity contribution in [2.75, 3.05) is 7.11 Å². The monoisotopic (exact) mass is 264 g/mol. The van der Waals surface area contributed by atoms with Gasteiger partial charge >= 0.3 is 5.97 Å². The lowest BCUT2D eigenvalue weighted by molar-refractivity contribution is -0.136. The maximum Gasteiger partial charge on any atom is 0.307 e. The normalized spacial score (nSPS) is 11.1. The second kappa shape index (κ2) is 4.71. The number of hydrogen-bond acceptors (Lipinski definition) is 4. The van der Waals surface area contributed by atoms with Crippen LogP contribution in [0, 0.1) is 0 Å². The molecule has 1 N–H and O–H groups in total. The van der Waals surface area contributed by atoms with E-state index in [4.69, 9.17) is 20.5 Å². The van der Waals surface area contributed by atoms with E-state index in [9.17, 15) is 13.2 Å². The van der Waals surface area contributed by atoms with Crippen LogP contribution in [0.5, 0.6) is 5.75 Å². The van der Waals surface area contributed by atoms with Crippen molar-refractivity contribution in [3.05, 3.63) is 23.8 Å². The molecule has 0 fully saturated rings. The Kier molecular flexibility index (Phi) is 3.77. The number of benzene rings is 1. The molecule has 0 spiro atoms. The quantitative estimate of drug-likeness (QED) is 0.828. The molecular formula is C9H9ClO5S. The van der Waals surface area contributed by atoms with Crippen LogP contribution in [0.1, 0.15) is 5.56 Å². The highest BCUT2D eigenvalue weighted by Crippen LogP contribution is 2.25. The molecule has 7 heteroatoms. The van der Waals surface area contributed by atoms with Crippen molar-refractivity contribution in [1.29, 1.82) is 0 Å². The number of methoxy groups -OCH3 is 1. The van der Waals surface area contributed by atoms with Crippen molar-refractivity contribution in [3.8, 4) is 5.75 Å². The van der Waals surface area contributed by atoms with Crippen molar-refractivity contribution in [2.45, 2.75) is 11.3 Å². The first-order valence-corrected chi connectivity index (χ1v) is 6.49. The van der Waals surface area contributed by atoms with E-state index in [1.165, 1.54) is 25.3 Å². The second-order valence-corrected chi connectivity index (χ2v) is 5.52. The minimum Gasteiger partial charge on any atom is -0.497 e. The Hall–Kier alpha value is -1.27. The number of carboxylic acid groups (broad SMARTS) is 1. The first-order chi connectivity index (χ1) is 7.34. The molecule has 0 saturated carbocycles. The minimum absolute atomic E-state index is 0.0989. The van der Waals surface area contributed by atoms with Crippen LogP contribution >= 0.6 is 10.7 Å². The lowest BCUT2D eigenvalue weighted by Gasteiger charge is -2.07. The summed E-state index contributed by atoms with van der Waals surface area (Å²) in [6, 6.07) is 3.96. The van der Waals surface area contributed by atoms with E-state index in [2.05, 4.69) is 0 Å². The van der Waals surface area contributed by atoms with Crippen molar-refractivity contribution in [2.24, 2.45) is 0 Å². The summed E-state index contributed by atoms with van der Waals surface area (Å²) >= 11 is 0. The summed E-state index contributed by atoms with van der Waals surface area (Å²) in [4.78, 5) is 10.4. The van der Waals surface area contributed by atoms with Gasteiger partial charge in [-0.1, -0.05) is 0 Å². The van der Waals surface area contributed by atoms with Crippen LogP contribution < -0.4 is 4.74 Å². The number of carbonyl (C=O) groups is 1. The van der Waals surface area contributed by atoms with Crippen LogP contribution in [-0.2, 0) is 20.3 Å². The van der Waals surface area contributed by atoms with Gasteiger partial charge in [-0.3, -0.25) is 4.79 Å². The predicted octanol–water partition coefficient (Wildman–Crippen LogP) is 1.25. The van der Waals surface area contributed by atoms with E-state index in [-0.39, 0.29) is 10.5 Å². The molecule has 0 bridgehead atoms. The van der Waals surface area contributed by atoms with E-state index < -0.39 is 21.4 Å². The fraction of sp³-hybridized carbons (Fsp3) is 0.222. The molecular weight excluding hydrogens is 256 g/mol. The summed E-state index contributed by atoms with van der Waals surface area (Å²) in [5.41, 5.74) is 0.0989. The zero-order chi connectivity index (χ0) is 12.3. The molecule has 0 atom stereocenters. The maximum atomic E-state index is 11.2. The average molecular weight is 265 g/mol. The molecule has 16 heavy (non-hydrogen) atoms. The number of rotatable bonds is 4. The third-order valence-corrected chi connectivity index (χ3v) is 3.29. The number of halogens is 1. The summed E-state index contributed by atoms with van der Waals surface area (Å²) in [7, 11) is 2.63. The SMILES string of the molecule is COc1ccc(S(=O)(=O)Cl)c(CC(=O)O)c1. The van der Waals surface area contributed by atoms with E-state index >= 15 is 0 Å². The predicted molar refractivity (Wildman–Crippen MR) is 57.4 cm³/mol. The van der Waals surface area contributed by atoms with E-state index in [0.717, 1.165) is 0 Å². The molecule has 0 aliphatic rings. The molecule has 1 aromatic carbocycles. The largest absolute Gasteiger partial charge is 0.497 e. The third kappa shape index (κ3) is 3.11. The third-order valence-electron chi connectivity index (χ3n) is 1.87. The lowest BCUT2D eigenvalue weighted by atomic mass is 10.1. The number of ether oxygens (including phenoxy) is 1. The Bertz CT molecular complexity index is 509. The van der Waals surface area contributed by atoms with Crippen molar-refractivity contribution in [3.63, 3.8) is 0 Å². The van der Waals surface area contributed by atoms with Crippen LogP contribution in [0.25, 0.3) is 0 Å². The van der Waals surface area contributed by atoms with Crippen LogP contribution in [0.3, 0.4) is 0 Å². The Balaban J connectivity index is 3.33. The van der Waals surface area contributed by atoms with E-state index in [0.29, 0.717) is 5.75 Å². The van der Waals surface area contributed by atoms with Crippen molar-refractivity contribution < 1.29 is 23.1 Å². The Morgan fingerprint density at radius 3 is 2.56 bits per heavy atom. The molecule has 1 aromatic rings. The van der Waals surface area contributed by atoms with Crippen molar-refractivity contribution >= 4 is 25.7 Å². The summed E-state index contributed by atoms with van der Waals surface area (Å²) in [5, 5.41) is 8.64. The highest BCUT2D eigenvalue weighted by Gasteiger charge is 2.18. The van der Waals surface area contributed by atoms with Crippen molar-refractivity contribution in [1.82, 2.24) is 0 Å². The van der Waals surface area contributed by atoms with Gasteiger partial charge in [-0.25, -0.2) is 8.42 Å². The fourth-order valence-electron chi connectivity index (χ4n) is 1.22. The Labute approximate surface area is 97.0 Å². The van der Waals surface area contributed by atoms with Gasteiger partial charge < -0.3 is 9.84 Å². The van der Waals surface area contributed by atoms with E-state index in [1.807, 2.05) is 0 Å². The average Bonchev–Trinajstić information content (AvgIpc) is 2.14. The zero-order valence-electron chi connectivity index (χ0n) is 8.31. The molecule has 0 unspecified atom stereocenters. The van der Waals surface area contributed by atoms with Gasteiger partial charge in [-0.2, -0.15) is 0 Å². The Morgan fingerprint density at radius 1 is 1.50 bits per heavy atom. The topological polar surface area (TPSA) is 80.7 Å². The second-order valence-electron chi connectivity index (χ2n) is 2.98. The van der Waals surface area contributed by atoms with Gasteiger partial charge in [0.2, 0.25) is 0 Å². The molecule has 0 aliphatic heterocycles. The molecule has 0 amide bonds. The van der Waals surface area contributed by atoms with Crippen LogP contribution in [-0.4, -0.2) is 26.6 Å². The van der Waals surface area contributed by atoms with Crippen LogP contribution in [0.4, 0.5) is 0 Å². The molecule has 0 heterocycles. The van der Waals surface area contributed by atoms with Gasteiger partial charge in [0, 0.05) is 10.7 Å². The molecule has 0 radical (unpaired) electrons. The number of carboxylic acids is 1. The summed E-state index contributed by atoms with van der Waals surface area (Å²) in [6.07, 6.45) is -0.432. The number of hydrogen-bond donors (Lipinski definition) is 1. The van der Waals surface area contributed by atoms with E-state index in [1.54, 1.807) is 0 Å². The maximum absolute atomic E-state index is 11.2. The number of aliphatic carboxylic acids is 1. The summed E-state index contributed by atoms with van der Waals surface area (Å²) < 4.78 is 27.2. The van der Waals surface area contributed by atoms with Crippen LogP contribution in [0.15, 0.2) is 23.1 Å². The summed E-state index contributed by atoms with van der Waals surface area (Å²) in [6.45, 7) is 0. The summed E-state index contributed by atoms with van der Waals surface area (Å²) in [5.74, 6) is -0.768. The Morgan fingerprint density at radius 2 is 2.12 bits per heavy atom. The van der Waals surface area contributed by atoms with Gasteiger partial charge in [0.25, 0.3) is 9.05 Å². The molecule has 5 nitrogen and oxygen atoms in total. The van der Waals surface area contributed by atoms with Gasteiger partial charge in [-0.05, 0) is 23.8 Å².